The zero-order valence-corrected chi connectivity index (χ0v) is 16.1. The van der Waals surface area contributed by atoms with E-state index in [1.165, 1.54) is 23.5 Å². The van der Waals surface area contributed by atoms with E-state index >= 15 is 0 Å². The third kappa shape index (κ3) is 7.64. The minimum absolute atomic E-state index is 0.295. The Balaban J connectivity index is 1.60. The maximum Gasteiger partial charge on any atom is 0.401 e. The van der Waals surface area contributed by atoms with E-state index in [0.717, 1.165) is 38.3 Å². The molecule has 146 valence electrons. The summed E-state index contributed by atoms with van der Waals surface area (Å²) in [4.78, 5) is 5.79. The van der Waals surface area contributed by atoms with Gasteiger partial charge in [-0.1, -0.05) is 0 Å². The fraction of sp³-hybridized carbons (Fsp3) is 0.941. The van der Waals surface area contributed by atoms with Gasteiger partial charge in [0.15, 0.2) is 5.96 Å². The summed E-state index contributed by atoms with van der Waals surface area (Å²) < 4.78 is 37.5. The molecule has 0 bridgehead atoms. The highest BCUT2D eigenvalue weighted by Gasteiger charge is 2.32. The molecule has 0 aliphatic carbocycles. The van der Waals surface area contributed by atoms with Gasteiger partial charge in [-0.15, -0.1) is 0 Å². The number of alkyl halides is 3. The molecular weight excluding hydrogens is 349 g/mol. The molecule has 2 aliphatic rings. The summed E-state index contributed by atoms with van der Waals surface area (Å²) in [6.45, 7) is 4.34. The van der Waals surface area contributed by atoms with Crippen LogP contribution in [0.2, 0.25) is 0 Å². The Morgan fingerprint density at radius 3 is 2.56 bits per heavy atom. The number of piperidine rings is 1. The molecule has 2 rings (SSSR count). The molecule has 0 aromatic heterocycles. The monoisotopic (exact) mass is 380 g/mol. The Bertz CT molecular complexity index is 428. The number of guanidine groups is 1. The SMILES string of the molecule is CN=C(NCCC1CCN(CC(F)(F)F)CC1)NCC1(C)CCCS1. The van der Waals surface area contributed by atoms with Crippen molar-refractivity contribution in [2.24, 2.45) is 10.9 Å². The van der Waals surface area contributed by atoms with Gasteiger partial charge < -0.3 is 10.6 Å². The van der Waals surface area contributed by atoms with Gasteiger partial charge in [-0.25, -0.2) is 0 Å². The Kier molecular flexibility index (Phi) is 7.73. The normalized spacial score (nSPS) is 26.8. The Morgan fingerprint density at radius 1 is 1.28 bits per heavy atom. The lowest BCUT2D eigenvalue weighted by Crippen LogP contribution is -2.44. The number of rotatable bonds is 6. The van der Waals surface area contributed by atoms with Crippen molar-refractivity contribution < 1.29 is 13.2 Å². The van der Waals surface area contributed by atoms with Gasteiger partial charge in [-0.3, -0.25) is 9.89 Å². The minimum atomic E-state index is -4.08. The quantitative estimate of drug-likeness (QED) is 0.549. The lowest BCUT2D eigenvalue weighted by Gasteiger charge is -2.32. The van der Waals surface area contributed by atoms with Gasteiger partial charge >= 0.3 is 6.18 Å². The van der Waals surface area contributed by atoms with Crippen molar-refractivity contribution in [3.8, 4) is 0 Å². The molecule has 0 saturated carbocycles. The number of nitrogens with one attached hydrogen (secondary N) is 2. The van der Waals surface area contributed by atoms with Crippen molar-refractivity contribution in [3.63, 3.8) is 0 Å². The molecule has 0 aromatic rings. The molecule has 2 N–H and O–H groups in total. The summed E-state index contributed by atoms with van der Waals surface area (Å²) in [7, 11) is 1.77. The second-order valence-electron chi connectivity index (χ2n) is 7.38. The van der Waals surface area contributed by atoms with Crippen LogP contribution in [0.1, 0.15) is 39.0 Å². The maximum absolute atomic E-state index is 12.4. The summed E-state index contributed by atoms with van der Waals surface area (Å²) in [5, 5.41) is 6.75. The molecule has 0 aromatic carbocycles. The van der Waals surface area contributed by atoms with E-state index < -0.39 is 12.7 Å². The molecule has 2 saturated heterocycles. The second kappa shape index (κ2) is 9.35. The summed E-state index contributed by atoms with van der Waals surface area (Å²) in [5.74, 6) is 2.55. The molecular formula is C17H31F3N4S. The lowest BCUT2D eigenvalue weighted by atomic mass is 9.93. The van der Waals surface area contributed by atoms with E-state index in [9.17, 15) is 13.2 Å². The summed E-state index contributed by atoms with van der Waals surface area (Å²) in [5.41, 5.74) is 0. The Morgan fingerprint density at radius 2 is 2.00 bits per heavy atom. The molecule has 25 heavy (non-hydrogen) atoms. The van der Waals surface area contributed by atoms with E-state index in [0.29, 0.717) is 23.8 Å². The van der Waals surface area contributed by atoms with Gasteiger partial charge in [0.2, 0.25) is 0 Å². The first kappa shape index (κ1) is 20.7. The van der Waals surface area contributed by atoms with Crippen molar-refractivity contribution >= 4 is 17.7 Å². The van der Waals surface area contributed by atoms with E-state index in [4.69, 9.17) is 0 Å². The van der Waals surface area contributed by atoms with Crippen LogP contribution in [0.5, 0.6) is 0 Å². The molecule has 4 nitrogen and oxygen atoms in total. The standard InChI is InChI=1S/C17H31F3N4S/c1-16(7-3-11-25-16)12-23-15(21-2)22-8-4-14-5-9-24(10-6-14)13-17(18,19)20/h14H,3-13H2,1-2H3,(H2,21,22,23). The fourth-order valence-electron chi connectivity index (χ4n) is 3.55. The van der Waals surface area contributed by atoms with Crippen molar-refractivity contribution in [1.82, 2.24) is 15.5 Å². The van der Waals surface area contributed by atoms with Crippen LogP contribution in [0, 0.1) is 5.92 Å². The third-order valence-corrected chi connectivity index (χ3v) is 6.65. The number of hydrogen-bond donors (Lipinski definition) is 2. The van der Waals surface area contributed by atoms with Gasteiger partial charge in [0.1, 0.15) is 0 Å². The van der Waals surface area contributed by atoms with Gasteiger partial charge in [-0.2, -0.15) is 24.9 Å². The number of likely N-dealkylation sites (tertiary alicyclic amines) is 1. The Labute approximate surface area is 153 Å². The smallest absolute Gasteiger partial charge is 0.356 e. The first-order valence-electron chi connectivity index (χ1n) is 9.17. The Hall–Kier alpha value is -0.630. The topological polar surface area (TPSA) is 39.7 Å². The molecule has 2 heterocycles. The zero-order chi connectivity index (χ0) is 18.3. The molecule has 2 aliphatic heterocycles. The van der Waals surface area contributed by atoms with Gasteiger partial charge in [0, 0.05) is 24.9 Å². The van der Waals surface area contributed by atoms with Gasteiger partial charge in [0.25, 0.3) is 0 Å². The van der Waals surface area contributed by atoms with Crippen LogP contribution < -0.4 is 10.6 Å². The van der Waals surface area contributed by atoms with E-state index in [-0.39, 0.29) is 0 Å². The molecule has 1 unspecified atom stereocenters. The lowest BCUT2D eigenvalue weighted by molar-refractivity contribution is -0.148. The summed E-state index contributed by atoms with van der Waals surface area (Å²) in [6.07, 6.45) is 1.10. The van der Waals surface area contributed by atoms with E-state index in [2.05, 4.69) is 22.5 Å². The van der Waals surface area contributed by atoms with Crippen molar-refractivity contribution in [3.05, 3.63) is 0 Å². The minimum Gasteiger partial charge on any atom is -0.356 e. The second-order valence-corrected chi connectivity index (χ2v) is 9.06. The zero-order valence-electron chi connectivity index (χ0n) is 15.3. The summed E-state index contributed by atoms with van der Waals surface area (Å²) >= 11 is 2.02. The van der Waals surface area contributed by atoms with Gasteiger partial charge in [-0.05, 0) is 63.8 Å². The van der Waals surface area contributed by atoms with Crippen LogP contribution in [0.4, 0.5) is 13.2 Å². The van der Waals surface area contributed by atoms with Crippen molar-refractivity contribution in [2.45, 2.75) is 50.0 Å². The molecule has 8 heteroatoms. The summed E-state index contributed by atoms with van der Waals surface area (Å²) in [6, 6.07) is 0. The molecule has 1 atom stereocenters. The van der Waals surface area contributed by atoms with E-state index in [1.807, 2.05) is 11.8 Å². The van der Waals surface area contributed by atoms with Crippen LogP contribution in [0.15, 0.2) is 4.99 Å². The number of aliphatic imine (C=N–C) groups is 1. The van der Waals surface area contributed by atoms with Crippen LogP contribution in [-0.2, 0) is 0 Å². The molecule has 0 spiro atoms. The fourth-order valence-corrected chi connectivity index (χ4v) is 4.79. The molecule has 0 radical (unpaired) electrons. The molecule has 2 fully saturated rings. The largest absolute Gasteiger partial charge is 0.401 e. The number of thioether (sulfide) groups is 1. The van der Waals surface area contributed by atoms with E-state index in [1.54, 1.807) is 7.05 Å². The third-order valence-electron chi connectivity index (χ3n) is 5.11. The van der Waals surface area contributed by atoms with Crippen LogP contribution in [0.3, 0.4) is 0 Å². The predicted molar refractivity (Wildman–Crippen MR) is 99.3 cm³/mol. The molecule has 0 amide bonds. The van der Waals surface area contributed by atoms with Gasteiger partial charge in [0.05, 0.1) is 6.54 Å². The number of hydrogen-bond acceptors (Lipinski definition) is 3. The van der Waals surface area contributed by atoms with Crippen molar-refractivity contribution in [1.29, 1.82) is 0 Å². The van der Waals surface area contributed by atoms with Crippen LogP contribution in [0.25, 0.3) is 0 Å². The average molecular weight is 381 g/mol. The first-order valence-corrected chi connectivity index (χ1v) is 10.2. The van der Waals surface area contributed by atoms with Crippen LogP contribution in [-0.4, -0.2) is 67.3 Å². The predicted octanol–water partition coefficient (Wildman–Crippen LogP) is 3.10. The van der Waals surface area contributed by atoms with Crippen LogP contribution >= 0.6 is 11.8 Å². The number of halogens is 3. The highest BCUT2D eigenvalue weighted by molar-refractivity contribution is 8.00. The maximum atomic E-state index is 12.4. The first-order chi connectivity index (χ1) is 11.8. The average Bonchev–Trinajstić information content (AvgIpc) is 2.98. The highest BCUT2D eigenvalue weighted by atomic mass is 32.2. The number of nitrogens with zero attached hydrogens (tertiary/aromatic N) is 2. The highest BCUT2D eigenvalue weighted by Crippen LogP contribution is 2.36. The van der Waals surface area contributed by atoms with Crippen molar-refractivity contribution in [2.75, 3.05) is 45.5 Å².